The standard InChI is InChI=1S/C15H11BrCl2N2O4/c1-8-2-3-10(20(22)23)6-13(8)19-14(21)7-24-15-11(16)4-9(17)5-12(15)18/h2-6H,7H2,1H3,(H,19,21). The van der Waals surface area contributed by atoms with E-state index in [0.717, 1.165) is 0 Å². The monoisotopic (exact) mass is 432 g/mol. The van der Waals surface area contributed by atoms with Crippen LogP contribution in [0.15, 0.2) is 34.8 Å². The molecule has 0 spiro atoms. The van der Waals surface area contributed by atoms with E-state index in [1.54, 1.807) is 19.1 Å². The summed E-state index contributed by atoms with van der Waals surface area (Å²) in [6, 6.07) is 7.29. The fourth-order valence-electron chi connectivity index (χ4n) is 1.85. The molecule has 2 aromatic carbocycles. The van der Waals surface area contributed by atoms with Crippen LogP contribution in [0.4, 0.5) is 11.4 Å². The second-order valence-corrected chi connectivity index (χ2v) is 6.49. The Morgan fingerprint density at radius 2 is 2.04 bits per heavy atom. The summed E-state index contributed by atoms with van der Waals surface area (Å²) in [7, 11) is 0. The molecule has 0 aromatic heterocycles. The first kappa shape index (κ1) is 18.5. The third-order valence-electron chi connectivity index (χ3n) is 3.02. The van der Waals surface area contributed by atoms with Gasteiger partial charge in [0.05, 0.1) is 20.1 Å². The van der Waals surface area contributed by atoms with Gasteiger partial charge in [0.15, 0.2) is 12.4 Å². The lowest BCUT2D eigenvalue weighted by Gasteiger charge is -2.12. The van der Waals surface area contributed by atoms with Crippen LogP contribution in [-0.4, -0.2) is 17.4 Å². The Labute approximate surface area is 156 Å². The molecule has 0 aliphatic heterocycles. The Kier molecular flexibility index (Phi) is 6.04. The molecule has 0 aliphatic carbocycles. The van der Waals surface area contributed by atoms with Crippen LogP contribution in [0.2, 0.25) is 10.0 Å². The maximum atomic E-state index is 12.0. The van der Waals surface area contributed by atoms with Gasteiger partial charge in [-0.3, -0.25) is 14.9 Å². The molecule has 126 valence electrons. The van der Waals surface area contributed by atoms with Crippen molar-refractivity contribution >= 4 is 56.4 Å². The molecule has 0 radical (unpaired) electrons. The van der Waals surface area contributed by atoms with Crippen molar-refractivity contribution in [3.63, 3.8) is 0 Å². The highest BCUT2D eigenvalue weighted by molar-refractivity contribution is 9.10. The number of nitrogens with one attached hydrogen (secondary N) is 1. The van der Waals surface area contributed by atoms with Gasteiger partial charge in [0.1, 0.15) is 0 Å². The van der Waals surface area contributed by atoms with Crippen molar-refractivity contribution in [3.8, 4) is 5.75 Å². The van der Waals surface area contributed by atoms with Crippen molar-refractivity contribution in [2.75, 3.05) is 11.9 Å². The molecule has 0 saturated heterocycles. The zero-order chi connectivity index (χ0) is 17.9. The molecule has 0 bridgehead atoms. The first-order valence-corrected chi connectivity index (χ1v) is 8.15. The number of benzene rings is 2. The number of rotatable bonds is 5. The number of carbonyl (C=O) groups is 1. The molecule has 0 fully saturated rings. The van der Waals surface area contributed by atoms with Crippen LogP contribution >= 0.6 is 39.1 Å². The van der Waals surface area contributed by atoms with Crippen molar-refractivity contribution < 1.29 is 14.5 Å². The van der Waals surface area contributed by atoms with Gasteiger partial charge in [-0.1, -0.05) is 29.3 Å². The number of ether oxygens (including phenoxy) is 1. The topological polar surface area (TPSA) is 81.5 Å². The minimum absolute atomic E-state index is 0.111. The summed E-state index contributed by atoms with van der Waals surface area (Å²) in [5.41, 5.74) is 0.930. The summed E-state index contributed by atoms with van der Waals surface area (Å²) < 4.78 is 5.90. The number of aryl methyl sites for hydroxylation is 1. The van der Waals surface area contributed by atoms with Gasteiger partial charge < -0.3 is 10.1 Å². The van der Waals surface area contributed by atoms with Crippen LogP contribution in [-0.2, 0) is 4.79 Å². The molecule has 0 saturated carbocycles. The highest BCUT2D eigenvalue weighted by Crippen LogP contribution is 2.36. The molecule has 1 amide bonds. The zero-order valence-electron chi connectivity index (χ0n) is 12.3. The third kappa shape index (κ3) is 4.59. The number of anilines is 1. The van der Waals surface area contributed by atoms with Crippen LogP contribution in [0.1, 0.15) is 5.56 Å². The van der Waals surface area contributed by atoms with Crippen molar-refractivity contribution in [3.05, 3.63) is 60.5 Å². The van der Waals surface area contributed by atoms with E-state index in [2.05, 4.69) is 21.2 Å². The van der Waals surface area contributed by atoms with Gasteiger partial charge in [0.2, 0.25) is 0 Å². The number of carbonyl (C=O) groups excluding carboxylic acids is 1. The largest absolute Gasteiger partial charge is 0.481 e. The maximum absolute atomic E-state index is 12.0. The van der Waals surface area contributed by atoms with Crippen LogP contribution in [0.25, 0.3) is 0 Å². The summed E-state index contributed by atoms with van der Waals surface area (Å²) in [4.78, 5) is 22.3. The van der Waals surface area contributed by atoms with Crippen molar-refractivity contribution in [2.45, 2.75) is 6.92 Å². The van der Waals surface area contributed by atoms with Crippen LogP contribution < -0.4 is 10.1 Å². The van der Waals surface area contributed by atoms with Crippen LogP contribution in [0, 0.1) is 17.0 Å². The Bertz CT molecular complexity index is 791. The summed E-state index contributed by atoms with van der Waals surface area (Å²) >= 11 is 15.1. The minimum atomic E-state index is -0.532. The second kappa shape index (κ2) is 7.83. The molecule has 2 rings (SSSR count). The molecule has 0 unspecified atom stereocenters. The number of nitrogens with zero attached hydrogens (tertiary/aromatic N) is 1. The molecule has 1 N–H and O–H groups in total. The first-order chi connectivity index (χ1) is 11.3. The minimum Gasteiger partial charge on any atom is -0.481 e. The van der Waals surface area contributed by atoms with Crippen molar-refractivity contribution in [1.29, 1.82) is 0 Å². The molecule has 6 nitrogen and oxygen atoms in total. The average molecular weight is 434 g/mol. The fourth-order valence-corrected chi connectivity index (χ4v) is 3.22. The Morgan fingerprint density at radius 3 is 2.67 bits per heavy atom. The van der Waals surface area contributed by atoms with E-state index in [1.165, 1.54) is 18.2 Å². The number of hydrogen-bond donors (Lipinski definition) is 1. The summed E-state index contributed by atoms with van der Waals surface area (Å²) in [5, 5.41) is 14.1. The molecule has 0 atom stereocenters. The fraction of sp³-hybridized carbons (Fsp3) is 0.133. The van der Waals surface area contributed by atoms with E-state index in [0.29, 0.717) is 20.7 Å². The third-order valence-corrected chi connectivity index (χ3v) is 4.10. The van der Waals surface area contributed by atoms with Crippen molar-refractivity contribution in [2.24, 2.45) is 0 Å². The highest BCUT2D eigenvalue weighted by Gasteiger charge is 2.14. The number of halogens is 3. The lowest BCUT2D eigenvalue weighted by molar-refractivity contribution is -0.384. The van der Waals surface area contributed by atoms with E-state index in [1.807, 2.05) is 0 Å². The average Bonchev–Trinajstić information content (AvgIpc) is 2.48. The summed E-state index contributed by atoms with van der Waals surface area (Å²) in [6.07, 6.45) is 0. The maximum Gasteiger partial charge on any atom is 0.271 e. The van der Waals surface area contributed by atoms with E-state index >= 15 is 0 Å². The predicted octanol–water partition coefficient (Wildman–Crippen LogP) is 4.99. The lowest BCUT2D eigenvalue weighted by atomic mass is 10.2. The normalized spacial score (nSPS) is 10.3. The molecular formula is C15H11BrCl2N2O4. The predicted molar refractivity (Wildman–Crippen MR) is 96.1 cm³/mol. The van der Waals surface area contributed by atoms with Gasteiger partial charge in [-0.25, -0.2) is 0 Å². The Hall–Kier alpha value is -1.83. The van der Waals surface area contributed by atoms with Crippen LogP contribution in [0.5, 0.6) is 5.75 Å². The van der Waals surface area contributed by atoms with E-state index in [4.69, 9.17) is 27.9 Å². The first-order valence-electron chi connectivity index (χ1n) is 6.60. The molecular weight excluding hydrogens is 423 g/mol. The van der Waals surface area contributed by atoms with Gasteiger partial charge in [0, 0.05) is 17.2 Å². The van der Waals surface area contributed by atoms with Gasteiger partial charge in [0.25, 0.3) is 11.6 Å². The Balaban J connectivity index is 2.07. The number of nitro groups is 1. The molecule has 24 heavy (non-hydrogen) atoms. The van der Waals surface area contributed by atoms with E-state index in [9.17, 15) is 14.9 Å². The highest BCUT2D eigenvalue weighted by atomic mass is 79.9. The summed E-state index contributed by atoms with van der Waals surface area (Å²) in [5.74, 6) is -0.191. The van der Waals surface area contributed by atoms with Crippen LogP contribution in [0.3, 0.4) is 0 Å². The zero-order valence-corrected chi connectivity index (χ0v) is 15.4. The van der Waals surface area contributed by atoms with Gasteiger partial charge in [-0.2, -0.15) is 0 Å². The Morgan fingerprint density at radius 1 is 1.33 bits per heavy atom. The van der Waals surface area contributed by atoms with Gasteiger partial charge in [-0.15, -0.1) is 0 Å². The second-order valence-electron chi connectivity index (χ2n) is 4.79. The summed E-state index contributed by atoms with van der Waals surface area (Å²) in [6.45, 7) is 1.41. The van der Waals surface area contributed by atoms with Gasteiger partial charge >= 0.3 is 0 Å². The smallest absolute Gasteiger partial charge is 0.271 e. The molecule has 2 aromatic rings. The van der Waals surface area contributed by atoms with E-state index in [-0.39, 0.29) is 23.1 Å². The lowest BCUT2D eigenvalue weighted by Crippen LogP contribution is -2.21. The van der Waals surface area contributed by atoms with Crippen molar-refractivity contribution in [1.82, 2.24) is 0 Å². The van der Waals surface area contributed by atoms with E-state index < -0.39 is 10.8 Å². The number of hydrogen-bond acceptors (Lipinski definition) is 4. The van der Waals surface area contributed by atoms with Gasteiger partial charge in [-0.05, 0) is 40.5 Å². The number of amides is 1. The number of nitro benzene ring substituents is 1. The molecule has 0 aliphatic rings. The SMILES string of the molecule is Cc1ccc([N+](=O)[O-])cc1NC(=O)COc1c(Cl)cc(Cl)cc1Br. The molecule has 0 heterocycles. The molecule has 9 heteroatoms. The quantitative estimate of drug-likeness (QED) is 0.531. The number of non-ortho nitro benzene ring substituents is 1.